The second-order valence-corrected chi connectivity index (χ2v) is 8.29. The van der Waals surface area contributed by atoms with E-state index in [2.05, 4.69) is 0 Å². The molecule has 1 heterocycles. The van der Waals surface area contributed by atoms with Crippen molar-refractivity contribution in [1.82, 2.24) is 3.97 Å². The molecule has 0 aliphatic rings. The van der Waals surface area contributed by atoms with Gasteiger partial charge in [-0.05, 0) is 30.3 Å². The topological polar surface area (TPSA) is 91.7 Å². The number of rotatable bonds is 4. The summed E-state index contributed by atoms with van der Waals surface area (Å²) in [5.41, 5.74) is 0.679. The normalized spacial score (nSPS) is 11.5. The highest BCUT2D eigenvalue weighted by Gasteiger charge is 2.27. The van der Waals surface area contributed by atoms with Crippen molar-refractivity contribution in [3.8, 4) is 0 Å². The van der Waals surface area contributed by atoms with Crippen molar-refractivity contribution in [3.05, 3.63) is 77.9 Å². The lowest BCUT2D eigenvalue weighted by Crippen LogP contribution is -2.14. The maximum absolute atomic E-state index is 13.6. The van der Waals surface area contributed by atoms with Gasteiger partial charge in [-0.15, -0.1) is 0 Å². The molecule has 4 rings (SSSR count). The molecule has 0 radical (unpaired) electrons. The fraction of sp³-hybridized carbons (Fsp3) is 0.0909. The number of fused-ring (bicyclic) bond motifs is 3. The predicted molar refractivity (Wildman–Crippen MR) is 111 cm³/mol. The molecule has 1 aromatic heterocycles. The van der Waals surface area contributed by atoms with Gasteiger partial charge in [-0.2, -0.15) is 0 Å². The van der Waals surface area contributed by atoms with Crippen LogP contribution in [0.1, 0.15) is 20.7 Å². The summed E-state index contributed by atoms with van der Waals surface area (Å²) < 4.78 is 37.9. The number of methoxy groups -OCH3 is 2. The summed E-state index contributed by atoms with van der Waals surface area (Å²) in [4.78, 5) is 24.8. The molecule has 152 valence electrons. The fourth-order valence-corrected chi connectivity index (χ4v) is 5.06. The zero-order chi connectivity index (χ0) is 21.5. The molecule has 0 saturated carbocycles. The number of benzene rings is 3. The van der Waals surface area contributed by atoms with E-state index in [0.29, 0.717) is 16.3 Å². The second kappa shape index (κ2) is 7.31. The van der Waals surface area contributed by atoms with Crippen molar-refractivity contribution in [2.75, 3.05) is 14.2 Å². The third-order valence-corrected chi connectivity index (χ3v) is 6.58. The average molecular weight is 423 g/mol. The third kappa shape index (κ3) is 2.93. The summed E-state index contributed by atoms with van der Waals surface area (Å²) in [5.74, 6) is -1.39. The summed E-state index contributed by atoms with van der Waals surface area (Å²) in [6.45, 7) is 0. The molecule has 7 nitrogen and oxygen atoms in total. The fourth-order valence-electron chi connectivity index (χ4n) is 3.53. The van der Waals surface area contributed by atoms with E-state index in [-0.39, 0.29) is 21.5 Å². The average Bonchev–Trinajstić information content (AvgIpc) is 3.13. The van der Waals surface area contributed by atoms with Crippen LogP contribution in [0.2, 0.25) is 0 Å². The number of aromatic nitrogens is 1. The molecule has 30 heavy (non-hydrogen) atoms. The standard InChI is InChI=1S/C22H17NO6S/c1-28-21(24)14-12-17(22(25)29-2)20-16-10-6-7-11-18(16)23(19(20)13-14)30(26,27)15-8-4-3-5-9-15/h3-13H,1-2H3. The number of para-hydroxylation sites is 1. The SMILES string of the molecule is COC(=O)c1cc(C(=O)OC)c2c3ccccc3n(S(=O)(=O)c3ccccc3)c2c1. The van der Waals surface area contributed by atoms with Gasteiger partial charge in [0, 0.05) is 10.8 Å². The lowest BCUT2D eigenvalue weighted by atomic mass is 10.0. The first-order valence-electron chi connectivity index (χ1n) is 8.94. The van der Waals surface area contributed by atoms with Gasteiger partial charge in [-0.25, -0.2) is 22.0 Å². The Bertz CT molecular complexity index is 1400. The first-order chi connectivity index (χ1) is 14.4. The largest absolute Gasteiger partial charge is 0.465 e. The van der Waals surface area contributed by atoms with E-state index < -0.39 is 22.0 Å². The van der Waals surface area contributed by atoms with Gasteiger partial charge in [0.25, 0.3) is 10.0 Å². The van der Waals surface area contributed by atoms with Crippen molar-refractivity contribution in [1.29, 1.82) is 0 Å². The quantitative estimate of drug-likeness (QED) is 0.466. The van der Waals surface area contributed by atoms with Gasteiger partial charge in [0.1, 0.15) is 0 Å². The Labute approximate surface area is 172 Å². The van der Waals surface area contributed by atoms with E-state index >= 15 is 0 Å². The van der Waals surface area contributed by atoms with Crippen LogP contribution in [0.25, 0.3) is 21.8 Å². The predicted octanol–water partition coefficient (Wildman–Crippen LogP) is 3.60. The monoisotopic (exact) mass is 423 g/mol. The van der Waals surface area contributed by atoms with E-state index in [1.54, 1.807) is 42.5 Å². The molecule has 0 atom stereocenters. The van der Waals surface area contributed by atoms with Gasteiger partial charge in [0.05, 0.1) is 41.3 Å². The maximum Gasteiger partial charge on any atom is 0.338 e. The number of nitrogens with zero attached hydrogens (tertiary/aromatic N) is 1. The number of ether oxygens (including phenoxy) is 2. The summed E-state index contributed by atoms with van der Waals surface area (Å²) in [6.07, 6.45) is 0. The van der Waals surface area contributed by atoms with E-state index in [1.807, 2.05) is 0 Å². The van der Waals surface area contributed by atoms with Crippen LogP contribution in [-0.2, 0) is 19.5 Å². The molecule has 0 fully saturated rings. The molecular weight excluding hydrogens is 406 g/mol. The first-order valence-corrected chi connectivity index (χ1v) is 10.4. The zero-order valence-corrected chi connectivity index (χ0v) is 17.0. The Morgan fingerprint density at radius 2 is 1.43 bits per heavy atom. The molecular formula is C22H17NO6S. The smallest absolute Gasteiger partial charge is 0.338 e. The van der Waals surface area contributed by atoms with Crippen molar-refractivity contribution < 1.29 is 27.5 Å². The molecule has 0 N–H and O–H groups in total. The Morgan fingerprint density at radius 1 is 0.800 bits per heavy atom. The van der Waals surface area contributed by atoms with Gasteiger partial charge >= 0.3 is 11.9 Å². The van der Waals surface area contributed by atoms with Crippen molar-refractivity contribution in [2.45, 2.75) is 4.90 Å². The van der Waals surface area contributed by atoms with Gasteiger partial charge < -0.3 is 9.47 Å². The molecule has 0 aliphatic carbocycles. The molecule has 8 heteroatoms. The van der Waals surface area contributed by atoms with E-state index in [9.17, 15) is 18.0 Å². The zero-order valence-electron chi connectivity index (χ0n) is 16.2. The minimum Gasteiger partial charge on any atom is -0.465 e. The van der Waals surface area contributed by atoms with E-state index in [0.717, 1.165) is 3.97 Å². The van der Waals surface area contributed by atoms with Gasteiger partial charge in [-0.3, -0.25) is 0 Å². The van der Waals surface area contributed by atoms with Gasteiger partial charge in [0.15, 0.2) is 0 Å². The van der Waals surface area contributed by atoms with Crippen LogP contribution < -0.4 is 0 Å². The summed E-state index contributed by atoms with van der Waals surface area (Å²) in [6, 6.07) is 17.5. The molecule has 0 bridgehead atoms. The third-order valence-electron chi connectivity index (χ3n) is 4.84. The molecule has 0 unspecified atom stereocenters. The summed E-state index contributed by atoms with van der Waals surface area (Å²) in [5, 5.41) is 0.924. The van der Waals surface area contributed by atoms with E-state index in [4.69, 9.17) is 9.47 Å². The van der Waals surface area contributed by atoms with Crippen molar-refractivity contribution in [3.63, 3.8) is 0 Å². The van der Waals surface area contributed by atoms with Crippen LogP contribution >= 0.6 is 0 Å². The molecule has 0 spiro atoms. The lowest BCUT2D eigenvalue weighted by molar-refractivity contribution is 0.0600. The number of hydrogen-bond donors (Lipinski definition) is 0. The molecule has 4 aromatic rings. The first kappa shape index (κ1) is 19.7. The molecule has 3 aromatic carbocycles. The Kier molecular flexibility index (Phi) is 4.79. The molecule has 0 amide bonds. The van der Waals surface area contributed by atoms with Crippen LogP contribution in [0.5, 0.6) is 0 Å². The van der Waals surface area contributed by atoms with Crippen molar-refractivity contribution >= 4 is 43.8 Å². The van der Waals surface area contributed by atoms with Crippen LogP contribution in [0, 0.1) is 0 Å². The number of carbonyl (C=O) groups excluding carboxylic acids is 2. The minimum absolute atomic E-state index is 0.0396. The Morgan fingerprint density at radius 3 is 2.10 bits per heavy atom. The number of hydrogen-bond acceptors (Lipinski definition) is 6. The second-order valence-electron chi connectivity index (χ2n) is 6.50. The van der Waals surface area contributed by atoms with Crippen LogP contribution in [0.3, 0.4) is 0 Å². The highest BCUT2D eigenvalue weighted by Crippen LogP contribution is 2.36. The highest BCUT2D eigenvalue weighted by atomic mass is 32.2. The molecule has 0 saturated heterocycles. The maximum atomic E-state index is 13.6. The number of carbonyl (C=O) groups is 2. The number of esters is 2. The summed E-state index contributed by atoms with van der Waals surface area (Å²) in [7, 11) is -1.60. The van der Waals surface area contributed by atoms with E-state index in [1.165, 1.54) is 38.5 Å². The lowest BCUT2D eigenvalue weighted by Gasteiger charge is -2.11. The minimum atomic E-state index is -4.03. The highest BCUT2D eigenvalue weighted by molar-refractivity contribution is 7.90. The van der Waals surface area contributed by atoms with Gasteiger partial charge in [0.2, 0.25) is 0 Å². The van der Waals surface area contributed by atoms with Crippen LogP contribution in [0.15, 0.2) is 71.6 Å². The Balaban J connectivity index is 2.22. The van der Waals surface area contributed by atoms with Crippen molar-refractivity contribution in [2.24, 2.45) is 0 Å². The van der Waals surface area contributed by atoms with Crippen LogP contribution in [0.4, 0.5) is 0 Å². The van der Waals surface area contributed by atoms with Crippen LogP contribution in [-0.4, -0.2) is 38.5 Å². The molecule has 0 aliphatic heterocycles. The Hall–Kier alpha value is -3.65. The van der Waals surface area contributed by atoms with Gasteiger partial charge in [-0.1, -0.05) is 36.4 Å². The summed E-state index contributed by atoms with van der Waals surface area (Å²) >= 11 is 0.